The number of rotatable bonds is 6. The quantitative estimate of drug-likeness (QED) is 0.458. The van der Waals surface area contributed by atoms with Crippen LogP contribution in [-0.2, 0) is 0 Å². The van der Waals surface area contributed by atoms with Crippen molar-refractivity contribution in [2.75, 3.05) is 23.4 Å². The van der Waals surface area contributed by atoms with E-state index >= 15 is 0 Å². The Kier molecular flexibility index (Phi) is 6.59. The Hall–Kier alpha value is -3.93. The van der Waals surface area contributed by atoms with Crippen molar-refractivity contribution in [3.05, 3.63) is 66.0 Å². The van der Waals surface area contributed by atoms with Crippen LogP contribution in [0, 0.1) is 0 Å². The van der Waals surface area contributed by atoms with Crippen LogP contribution in [0.4, 0.5) is 24.5 Å². The van der Waals surface area contributed by atoms with Gasteiger partial charge in [-0.3, -0.25) is 9.78 Å². The molecule has 2 unspecified atom stereocenters. The van der Waals surface area contributed by atoms with Gasteiger partial charge in [0.25, 0.3) is 5.91 Å². The van der Waals surface area contributed by atoms with Gasteiger partial charge in [0.05, 0.1) is 12.4 Å². The largest absolute Gasteiger partial charge is 0.409 e. The van der Waals surface area contributed by atoms with Crippen molar-refractivity contribution in [2.24, 2.45) is 0 Å². The Morgan fingerprint density at radius 3 is 2.89 bits per heavy atom. The Morgan fingerprint density at radius 1 is 1.27 bits per heavy atom. The van der Waals surface area contributed by atoms with Gasteiger partial charge < -0.3 is 25.4 Å². The zero-order valence-corrected chi connectivity index (χ0v) is 20.4. The second kappa shape index (κ2) is 9.85. The predicted molar refractivity (Wildman–Crippen MR) is 133 cm³/mol. The molecule has 0 fully saturated rings. The lowest BCUT2D eigenvalue weighted by atomic mass is 10.1. The van der Waals surface area contributed by atoms with Gasteiger partial charge in [-0.1, -0.05) is 19.1 Å². The van der Waals surface area contributed by atoms with Gasteiger partial charge in [0, 0.05) is 47.8 Å². The van der Waals surface area contributed by atoms with E-state index in [1.54, 1.807) is 29.4 Å². The summed E-state index contributed by atoms with van der Waals surface area (Å²) in [5.41, 5.74) is 2.81. The van der Waals surface area contributed by atoms with Crippen LogP contribution in [0.1, 0.15) is 43.2 Å². The number of aromatic nitrogens is 4. The number of nitrogens with one attached hydrogen (secondary N) is 3. The molecule has 0 saturated carbocycles. The number of amides is 1. The first-order chi connectivity index (χ1) is 17.8. The number of benzene rings is 1. The van der Waals surface area contributed by atoms with Crippen molar-refractivity contribution < 1.29 is 18.0 Å². The van der Waals surface area contributed by atoms with Gasteiger partial charge >= 0.3 is 6.18 Å². The fourth-order valence-electron chi connectivity index (χ4n) is 4.62. The highest BCUT2D eigenvalue weighted by Crippen LogP contribution is 2.35. The second-order valence-corrected chi connectivity index (χ2v) is 9.06. The number of halogens is 3. The molecule has 194 valence electrons. The molecule has 5 rings (SSSR count). The Bertz CT molecular complexity index is 1340. The smallest absolute Gasteiger partial charge is 0.368 e. The van der Waals surface area contributed by atoms with Crippen molar-refractivity contribution in [1.82, 2.24) is 30.4 Å². The lowest BCUT2D eigenvalue weighted by Crippen LogP contribution is -2.49. The molecule has 2 atom stereocenters. The van der Waals surface area contributed by atoms with E-state index in [0.717, 1.165) is 12.0 Å². The SMILES string of the molecule is CCC(C)n1cnnc1-c1cccc(NC(=O)c2cc(N3CNC4=C3CCNC4C(F)(F)F)ccn2)c1. The average molecular weight is 513 g/mol. The van der Waals surface area contributed by atoms with Gasteiger partial charge in [0.15, 0.2) is 5.82 Å². The summed E-state index contributed by atoms with van der Waals surface area (Å²) in [6.45, 7) is 4.56. The summed E-state index contributed by atoms with van der Waals surface area (Å²) in [4.78, 5) is 19.0. The first-order valence-electron chi connectivity index (χ1n) is 12.1. The highest BCUT2D eigenvalue weighted by atomic mass is 19.4. The Labute approximate surface area is 211 Å². The molecular weight excluding hydrogens is 485 g/mol. The highest BCUT2D eigenvalue weighted by molar-refractivity contribution is 6.03. The summed E-state index contributed by atoms with van der Waals surface area (Å²) in [6.07, 6.45) is 0.131. The van der Waals surface area contributed by atoms with Gasteiger partial charge in [0.1, 0.15) is 18.1 Å². The van der Waals surface area contributed by atoms with Crippen molar-refractivity contribution in [2.45, 2.75) is 44.9 Å². The van der Waals surface area contributed by atoms with E-state index in [-0.39, 0.29) is 30.6 Å². The number of carbonyl (C=O) groups excluding carboxylic acids is 1. The van der Waals surface area contributed by atoms with Crippen LogP contribution >= 0.6 is 0 Å². The zero-order valence-electron chi connectivity index (χ0n) is 20.4. The first kappa shape index (κ1) is 24.8. The summed E-state index contributed by atoms with van der Waals surface area (Å²) in [7, 11) is 0. The molecule has 12 heteroatoms. The molecule has 3 N–H and O–H groups in total. The number of hydrogen-bond donors (Lipinski definition) is 3. The van der Waals surface area contributed by atoms with E-state index in [9.17, 15) is 18.0 Å². The number of hydrogen-bond acceptors (Lipinski definition) is 7. The molecule has 0 saturated heterocycles. The van der Waals surface area contributed by atoms with Crippen LogP contribution < -0.4 is 20.9 Å². The van der Waals surface area contributed by atoms with Gasteiger partial charge in [0.2, 0.25) is 0 Å². The Morgan fingerprint density at radius 2 is 2.11 bits per heavy atom. The third-order valence-electron chi connectivity index (χ3n) is 6.70. The fraction of sp³-hybridized carbons (Fsp3) is 0.360. The number of anilines is 2. The molecular formula is C25H27F3N8O. The lowest BCUT2D eigenvalue weighted by molar-refractivity contribution is -0.148. The molecule has 0 aliphatic carbocycles. The molecule has 2 aliphatic heterocycles. The summed E-state index contributed by atoms with van der Waals surface area (Å²) < 4.78 is 42.4. The maximum Gasteiger partial charge on any atom is 0.409 e. The topological polar surface area (TPSA) is 100 Å². The van der Waals surface area contributed by atoms with Crippen LogP contribution in [0.2, 0.25) is 0 Å². The third kappa shape index (κ3) is 4.88. The minimum atomic E-state index is -4.40. The molecule has 0 spiro atoms. The molecule has 9 nitrogen and oxygen atoms in total. The normalized spacial score (nSPS) is 18.4. The summed E-state index contributed by atoms with van der Waals surface area (Å²) in [5, 5.41) is 16.5. The van der Waals surface area contributed by atoms with E-state index in [0.29, 0.717) is 29.3 Å². The van der Waals surface area contributed by atoms with Crippen molar-refractivity contribution in [1.29, 1.82) is 0 Å². The molecule has 1 aromatic carbocycles. The Balaban J connectivity index is 1.36. The van der Waals surface area contributed by atoms with Gasteiger partial charge in [-0.2, -0.15) is 13.2 Å². The van der Waals surface area contributed by atoms with E-state index < -0.39 is 18.1 Å². The molecule has 4 heterocycles. The van der Waals surface area contributed by atoms with Crippen molar-refractivity contribution >= 4 is 17.3 Å². The minimum Gasteiger partial charge on any atom is -0.368 e. The highest BCUT2D eigenvalue weighted by Gasteiger charge is 2.47. The molecule has 1 amide bonds. The maximum atomic E-state index is 13.5. The van der Waals surface area contributed by atoms with Crippen LogP contribution in [0.25, 0.3) is 11.4 Å². The van der Waals surface area contributed by atoms with E-state index in [1.165, 1.54) is 6.20 Å². The van der Waals surface area contributed by atoms with Gasteiger partial charge in [-0.25, -0.2) is 0 Å². The third-order valence-corrected chi connectivity index (χ3v) is 6.70. The molecule has 0 radical (unpaired) electrons. The van der Waals surface area contributed by atoms with Crippen LogP contribution in [-0.4, -0.2) is 51.1 Å². The number of pyridine rings is 1. The molecule has 3 aromatic rings. The summed E-state index contributed by atoms with van der Waals surface area (Å²) in [6, 6.07) is 9.06. The van der Waals surface area contributed by atoms with Crippen molar-refractivity contribution in [3.8, 4) is 11.4 Å². The summed E-state index contributed by atoms with van der Waals surface area (Å²) >= 11 is 0. The van der Waals surface area contributed by atoms with E-state index in [4.69, 9.17) is 0 Å². The summed E-state index contributed by atoms with van der Waals surface area (Å²) in [5.74, 6) is 0.276. The molecule has 0 bridgehead atoms. The van der Waals surface area contributed by atoms with Crippen LogP contribution in [0.15, 0.2) is 60.3 Å². The zero-order chi connectivity index (χ0) is 26.2. The van der Waals surface area contributed by atoms with Crippen LogP contribution in [0.5, 0.6) is 0 Å². The minimum absolute atomic E-state index is 0.128. The monoisotopic (exact) mass is 512 g/mol. The maximum absolute atomic E-state index is 13.5. The van der Waals surface area contributed by atoms with Gasteiger partial charge in [-0.15, -0.1) is 10.2 Å². The lowest BCUT2D eigenvalue weighted by Gasteiger charge is -2.29. The average Bonchev–Trinajstić information content (AvgIpc) is 3.55. The fourth-order valence-corrected chi connectivity index (χ4v) is 4.62. The molecule has 2 aliphatic rings. The number of alkyl halides is 3. The van der Waals surface area contributed by atoms with Crippen molar-refractivity contribution in [3.63, 3.8) is 0 Å². The number of nitrogens with zero attached hydrogens (tertiary/aromatic N) is 5. The predicted octanol–water partition coefficient (Wildman–Crippen LogP) is 4.07. The van der Waals surface area contributed by atoms with E-state index in [1.807, 2.05) is 22.8 Å². The van der Waals surface area contributed by atoms with E-state index in [2.05, 4.69) is 45.0 Å². The molecule has 37 heavy (non-hydrogen) atoms. The number of carbonyl (C=O) groups is 1. The van der Waals surface area contributed by atoms with Gasteiger partial charge in [-0.05, 0) is 37.6 Å². The second-order valence-electron chi connectivity index (χ2n) is 9.06. The van der Waals surface area contributed by atoms with Crippen LogP contribution in [0.3, 0.4) is 0 Å². The first-order valence-corrected chi connectivity index (χ1v) is 12.1. The standard InChI is InChI=1S/C25H27F3N8O/c1-3-15(2)35-14-32-34-23(35)16-5-4-6-17(11-16)33-24(37)19-12-18(7-9-29-19)36-13-31-21-20(36)8-10-30-22(21)25(26,27)28/h4-7,9,11-12,14-15,22,30-31H,3,8,10,13H2,1-2H3,(H,33,37). The molecule has 2 aromatic heterocycles.